The van der Waals surface area contributed by atoms with E-state index in [2.05, 4.69) is 0 Å². The third-order valence-corrected chi connectivity index (χ3v) is 5.11. The second-order valence-electron chi connectivity index (χ2n) is 6.53. The maximum absolute atomic E-state index is 12.6. The van der Waals surface area contributed by atoms with E-state index in [1.165, 1.54) is 25.7 Å². The lowest BCUT2D eigenvalue weighted by Gasteiger charge is -2.35. The summed E-state index contributed by atoms with van der Waals surface area (Å²) in [5, 5.41) is 0. The van der Waals surface area contributed by atoms with E-state index in [9.17, 15) is 9.59 Å². The lowest BCUT2D eigenvalue weighted by Crippen LogP contribution is -2.45. The van der Waals surface area contributed by atoms with Gasteiger partial charge in [-0.05, 0) is 29.9 Å². The Balaban J connectivity index is 1.72. The Morgan fingerprint density at radius 1 is 1.18 bits per heavy atom. The van der Waals surface area contributed by atoms with Crippen molar-refractivity contribution in [3.05, 3.63) is 35.4 Å². The van der Waals surface area contributed by atoms with Crippen molar-refractivity contribution in [3.63, 3.8) is 0 Å². The van der Waals surface area contributed by atoms with Crippen LogP contribution in [-0.2, 0) is 16.0 Å². The zero-order valence-electron chi connectivity index (χ0n) is 13.0. The molecule has 4 heteroatoms. The van der Waals surface area contributed by atoms with Crippen LogP contribution in [0.3, 0.4) is 0 Å². The van der Waals surface area contributed by atoms with Crippen LogP contribution in [0.25, 0.3) is 0 Å². The molecule has 1 heterocycles. The molecule has 1 saturated carbocycles. The summed E-state index contributed by atoms with van der Waals surface area (Å²) < 4.78 is 0. The van der Waals surface area contributed by atoms with Gasteiger partial charge in [-0.3, -0.25) is 9.59 Å². The number of nitrogens with zero attached hydrogens (tertiary/aromatic N) is 1. The second-order valence-corrected chi connectivity index (χ2v) is 6.53. The predicted molar refractivity (Wildman–Crippen MR) is 85.0 cm³/mol. The number of carbonyl (C=O) groups excluding carboxylic acids is 2. The van der Waals surface area contributed by atoms with Crippen LogP contribution in [-0.4, -0.2) is 23.3 Å². The Morgan fingerprint density at radius 3 is 2.64 bits per heavy atom. The fraction of sp³-hybridized carbons (Fsp3) is 0.556. The number of nitrogens with two attached hydrogens (primary N) is 1. The van der Waals surface area contributed by atoms with Gasteiger partial charge in [0.15, 0.2) is 0 Å². The SMILES string of the molecule is NC(=O)C1c2ccccc2CCN1C(=O)CCC1CCCC1. The van der Waals surface area contributed by atoms with Gasteiger partial charge >= 0.3 is 0 Å². The standard InChI is InChI=1S/C18H24N2O2/c19-18(22)17-15-8-4-3-7-14(15)11-12-20(17)16(21)10-9-13-5-1-2-6-13/h3-4,7-8,13,17H,1-2,5-6,9-12H2,(H2,19,22). The van der Waals surface area contributed by atoms with Crippen molar-refractivity contribution in [2.75, 3.05) is 6.54 Å². The van der Waals surface area contributed by atoms with Crippen molar-refractivity contribution < 1.29 is 9.59 Å². The van der Waals surface area contributed by atoms with Crippen LogP contribution < -0.4 is 5.73 Å². The number of fused-ring (bicyclic) bond motifs is 1. The van der Waals surface area contributed by atoms with Gasteiger partial charge in [-0.1, -0.05) is 49.9 Å². The minimum atomic E-state index is -0.596. The Hall–Kier alpha value is -1.84. The highest BCUT2D eigenvalue weighted by Crippen LogP contribution is 2.32. The van der Waals surface area contributed by atoms with E-state index in [1.54, 1.807) is 4.90 Å². The Kier molecular flexibility index (Phi) is 4.46. The molecule has 0 aromatic heterocycles. The fourth-order valence-electron chi connectivity index (χ4n) is 3.91. The van der Waals surface area contributed by atoms with Crippen LogP contribution in [0.1, 0.15) is 55.7 Å². The second kappa shape index (κ2) is 6.51. The molecule has 0 bridgehead atoms. The highest BCUT2D eigenvalue weighted by Gasteiger charge is 2.34. The molecule has 4 nitrogen and oxygen atoms in total. The molecule has 2 N–H and O–H groups in total. The quantitative estimate of drug-likeness (QED) is 0.929. The molecule has 0 radical (unpaired) electrons. The average molecular weight is 300 g/mol. The van der Waals surface area contributed by atoms with Crippen molar-refractivity contribution in [2.45, 2.75) is 51.0 Å². The van der Waals surface area contributed by atoms with Crippen LogP contribution in [0.4, 0.5) is 0 Å². The maximum atomic E-state index is 12.6. The van der Waals surface area contributed by atoms with Crippen LogP contribution in [0.2, 0.25) is 0 Å². The first kappa shape index (κ1) is 15.1. The predicted octanol–water partition coefficient (Wildman–Crippen LogP) is 2.57. The molecule has 2 amide bonds. The first-order valence-corrected chi connectivity index (χ1v) is 8.33. The zero-order chi connectivity index (χ0) is 15.5. The summed E-state index contributed by atoms with van der Waals surface area (Å²) in [6.07, 6.45) is 7.36. The molecule has 2 aliphatic rings. The molecule has 1 aliphatic heterocycles. The van der Waals surface area contributed by atoms with Gasteiger partial charge in [0.05, 0.1) is 0 Å². The van der Waals surface area contributed by atoms with Gasteiger partial charge in [0.25, 0.3) is 0 Å². The lowest BCUT2D eigenvalue weighted by atomic mass is 9.91. The summed E-state index contributed by atoms with van der Waals surface area (Å²) >= 11 is 0. The van der Waals surface area contributed by atoms with Crippen LogP contribution in [0.15, 0.2) is 24.3 Å². The smallest absolute Gasteiger partial charge is 0.244 e. The summed E-state index contributed by atoms with van der Waals surface area (Å²) in [6, 6.07) is 7.21. The molecule has 22 heavy (non-hydrogen) atoms. The van der Waals surface area contributed by atoms with Gasteiger partial charge in [0.2, 0.25) is 11.8 Å². The van der Waals surface area contributed by atoms with E-state index in [1.807, 2.05) is 24.3 Å². The van der Waals surface area contributed by atoms with Gasteiger partial charge in [-0.2, -0.15) is 0 Å². The van der Waals surface area contributed by atoms with E-state index < -0.39 is 11.9 Å². The third-order valence-electron chi connectivity index (χ3n) is 5.11. The van der Waals surface area contributed by atoms with Gasteiger partial charge < -0.3 is 10.6 Å². The van der Waals surface area contributed by atoms with Gasteiger partial charge in [-0.15, -0.1) is 0 Å². The topological polar surface area (TPSA) is 63.4 Å². The summed E-state index contributed by atoms with van der Waals surface area (Å²) in [4.78, 5) is 26.2. The number of rotatable bonds is 4. The highest BCUT2D eigenvalue weighted by molar-refractivity contribution is 5.88. The Bertz CT molecular complexity index is 564. The van der Waals surface area contributed by atoms with Crippen LogP contribution >= 0.6 is 0 Å². The number of benzene rings is 1. The molecule has 0 saturated heterocycles. The summed E-state index contributed by atoms with van der Waals surface area (Å²) in [5.74, 6) is 0.333. The molecule has 0 spiro atoms. The van der Waals surface area contributed by atoms with E-state index >= 15 is 0 Å². The fourth-order valence-corrected chi connectivity index (χ4v) is 3.91. The monoisotopic (exact) mass is 300 g/mol. The van der Waals surface area contributed by atoms with Crippen molar-refractivity contribution >= 4 is 11.8 Å². The van der Waals surface area contributed by atoms with Gasteiger partial charge in [-0.25, -0.2) is 0 Å². The van der Waals surface area contributed by atoms with Crippen LogP contribution in [0.5, 0.6) is 0 Å². The molecular weight excluding hydrogens is 276 g/mol. The van der Waals surface area contributed by atoms with Crippen LogP contribution in [0, 0.1) is 5.92 Å². The molecule has 3 rings (SSSR count). The first-order valence-electron chi connectivity index (χ1n) is 8.33. The van der Waals surface area contributed by atoms with Crippen molar-refractivity contribution in [1.82, 2.24) is 4.90 Å². The van der Waals surface area contributed by atoms with E-state index in [-0.39, 0.29) is 5.91 Å². The first-order chi connectivity index (χ1) is 10.7. The van der Waals surface area contributed by atoms with Gasteiger partial charge in [0.1, 0.15) is 6.04 Å². The minimum Gasteiger partial charge on any atom is -0.368 e. The highest BCUT2D eigenvalue weighted by atomic mass is 16.2. The molecule has 1 unspecified atom stereocenters. The van der Waals surface area contributed by atoms with Gasteiger partial charge in [0, 0.05) is 13.0 Å². The molecule has 118 valence electrons. The number of hydrogen-bond acceptors (Lipinski definition) is 2. The van der Waals surface area contributed by atoms with Crippen molar-refractivity contribution in [1.29, 1.82) is 0 Å². The zero-order valence-corrected chi connectivity index (χ0v) is 13.0. The summed E-state index contributed by atoms with van der Waals surface area (Å²) in [6.45, 7) is 0.591. The molecule has 1 aromatic rings. The van der Waals surface area contributed by atoms with E-state index in [4.69, 9.17) is 5.73 Å². The molecule has 1 fully saturated rings. The molecule has 1 aromatic carbocycles. The molecule has 1 atom stereocenters. The maximum Gasteiger partial charge on any atom is 0.244 e. The lowest BCUT2D eigenvalue weighted by molar-refractivity contribution is -0.140. The number of amides is 2. The van der Waals surface area contributed by atoms with Crippen molar-refractivity contribution in [3.8, 4) is 0 Å². The van der Waals surface area contributed by atoms with E-state index in [0.29, 0.717) is 18.9 Å². The normalized spacial score (nSPS) is 21.6. The third kappa shape index (κ3) is 3.01. The molecular formula is C18H24N2O2. The summed E-state index contributed by atoms with van der Waals surface area (Å²) in [7, 11) is 0. The number of hydrogen-bond donors (Lipinski definition) is 1. The Labute approximate surface area is 131 Å². The molecule has 1 aliphatic carbocycles. The average Bonchev–Trinajstić information content (AvgIpc) is 3.04. The minimum absolute atomic E-state index is 0.0743. The van der Waals surface area contributed by atoms with E-state index in [0.717, 1.165) is 24.0 Å². The number of carbonyl (C=O) groups is 2. The summed E-state index contributed by atoms with van der Waals surface area (Å²) in [5.41, 5.74) is 7.62. The Morgan fingerprint density at radius 2 is 1.91 bits per heavy atom. The van der Waals surface area contributed by atoms with Crippen molar-refractivity contribution in [2.24, 2.45) is 11.7 Å². The number of primary amides is 1. The largest absolute Gasteiger partial charge is 0.368 e.